The zero-order valence-corrected chi connectivity index (χ0v) is 16.0. The largest absolute Gasteiger partial charge is 0.497 e. The Morgan fingerprint density at radius 2 is 2.12 bits per heavy atom. The molecule has 0 saturated heterocycles. The van der Waals surface area contributed by atoms with E-state index in [1.54, 1.807) is 14.2 Å². The van der Waals surface area contributed by atoms with Gasteiger partial charge in [0.05, 0.1) is 26.5 Å². The van der Waals surface area contributed by atoms with Crippen molar-refractivity contribution in [3.05, 3.63) is 23.6 Å². The first kappa shape index (κ1) is 19.2. The molecule has 1 aromatic carbocycles. The van der Waals surface area contributed by atoms with Crippen molar-refractivity contribution in [2.45, 2.75) is 19.8 Å². The molecule has 25 heavy (non-hydrogen) atoms. The van der Waals surface area contributed by atoms with Crippen molar-refractivity contribution in [1.82, 2.24) is 9.88 Å². The molecule has 0 aliphatic carbocycles. The number of aromatic nitrogens is 1. The van der Waals surface area contributed by atoms with Crippen LogP contribution in [0.4, 0.5) is 5.13 Å². The van der Waals surface area contributed by atoms with Gasteiger partial charge in [0.25, 0.3) is 0 Å². The van der Waals surface area contributed by atoms with Gasteiger partial charge < -0.3 is 14.8 Å². The summed E-state index contributed by atoms with van der Waals surface area (Å²) in [5.41, 5.74) is 1.62. The summed E-state index contributed by atoms with van der Waals surface area (Å²) in [5, 5.41) is 5.35. The quantitative estimate of drug-likeness (QED) is 0.739. The number of unbranched alkanes of at least 4 members (excludes halogenated alkanes) is 1. The number of hydrogen-bond acceptors (Lipinski definition) is 6. The number of nitrogens with zero attached hydrogens (tertiary/aromatic N) is 2. The lowest BCUT2D eigenvalue weighted by Crippen LogP contribution is -2.30. The molecular formula is C18H25N3O3S. The van der Waals surface area contributed by atoms with Gasteiger partial charge >= 0.3 is 0 Å². The van der Waals surface area contributed by atoms with Crippen molar-refractivity contribution in [2.24, 2.45) is 0 Å². The zero-order valence-electron chi connectivity index (χ0n) is 15.2. The topological polar surface area (TPSA) is 63.7 Å². The van der Waals surface area contributed by atoms with Gasteiger partial charge in [-0.2, -0.15) is 0 Å². The van der Waals surface area contributed by atoms with Crippen LogP contribution in [-0.4, -0.2) is 50.1 Å². The highest BCUT2D eigenvalue weighted by atomic mass is 32.1. The van der Waals surface area contributed by atoms with E-state index >= 15 is 0 Å². The van der Waals surface area contributed by atoms with Crippen LogP contribution in [0.3, 0.4) is 0 Å². The molecule has 0 fully saturated rings. The zero-order chi connectivity index (χ0) is 18.2. The molecule has 0 aliphatic heterocycles. The van der Waals surface area contributed by atoms with E-state index in [1.165, 1.54) is 11.3 Å². The third-order valence-electron chi connectivity index (χ3n) is 3.74. The summed E-state index contributed by atoms with van der Waals surface area (Å²) >= 11 is 1.40. The molecular weight excluding hydrogens is 338 g/mol. The van der Waals surface area contributed by atoms with E-state index in [1.807, 2.05) is 35.5 Å². The van der Waals surface area contributed by atoms with Crippen molar-refractivity contribution in [3.63, 3.8) is 0 Å². The molecule has 1 N–H and O–H groups in total. The van der Waals surface area contributed by atoms with Gasteiger partial charge in [-0.25, -0.2) is 4.98 Å². The molecule has 0 atom stereocenters. The monoisotopic (exact) mass is 363 g/mol. The number of carbonyl (C=O) groups is 1. The first-order chi connectivity index (χ1) is 12.1. The number of methoxy groups -OCH3 is 2. The second kappa shape index (κ2) is 9.39. The van der Waals surface area contributed by atoms with Gasteiger partial charge in [-0.1, -0.05) is 13.3 Å². The summed E-state index contributed by atoms with van der Waals surface area (Å²) in [4.78, 5) is 18.6. The second-order valence-electron chi connectivity index (χ2n) is 5.74. The minimum atomic E-state index is -0.0544. The van der Waals surface area contributed by atoms with Crippen LogP contribution in [0.2, 0.25) is 0 Å². The fraction of sp³-hybridized carbons (Fsp3) is 0.444. The Hall–Kier alpha value is -2.12. The minimum absolute atomic E-state index is 0.0544. The Kier molecular flexibility index (Phi) is 7.21. The van der Waals surface area contributed by atoms with Gasteiger partial charge in [-0.15, -0.1) is 11.3 Å². The Balaban J connectivity index is 2.04. The van der Waals surface area contributed by atoms with Crippen LogP contribution in [0.5, 0.6) is 11.5 Å². The highest BCUT2D eigenvalue weighted by molar-refractivity contribution is 7.14. The summed E-state index contributed by atoms with van der Waals surface area (Å²) in [7, 11) is 5.17. The maximum atomic E-state index is 12.1. The molecule has 6 nitrogen and oxygen atoms in total. The number of nitrogens with one attached hydrogen (secondary N) is 1. The Morgan fingerprint density at radius 3 is 2.80 bits per heavy atom. The first-order valence-corrected chi connectivity index (χ1v) is 9.11. The number of anilines is 1. The highest BCUT2D eigenvalue weighted by Gasteiger charge is 2.13. The number of ether oxygens (including phenoxy) is 2. The van der Waals surface area contributed by atoms with Crippen molar-refractivity contribution in [1.29, 1.82) is 0 Å². The average Bonchev–Trinajstić information content (AvgIpc) is 3.07. The van der Waals surface area contributed by atoms with Crippen LogP contribution >= 0.6 is 11.3 Å². The van der Waals surface area contributed by atoms with Gasteiger partial charge in [0.15, 0.2) is 5.13 Å². The smallest absolute Gasteiger partial charge is 0.240 e. The number of carbonyl (C=O) groups excluding carboxylic acids is 1. The van der Waals surface area contributed by atoms with E-state index in [-0.39, 0.29) is 5.91 Å². The van der Waals surface area contributed by atoms with Crippen molar-refractivity contribution in [2.75, 3.05) is 39.7 Å². The molecule has 2 rings (SSSR count). The standard InChI is InChI=1S/C18H25N3O3S/c1-5-6-9-21(2)11-17(22)20-18-19-15(12-25-18)14-8-7-13(23-3)10-16(14)24-4/h7-8,10,12H,5-6,9,11H2,1-4H3,(H,19,20,22). The van der Waals surface area contributed by atoms with Gasteiger partial charge in [0.1, 0.15) is 11.5 Å². The SMILES string of the molecule is CCCCN(C)CC(=O)Nc1nc(-c2ccc(OC)cc2OC)cs1. The lowest BCUT2D eigenvalue weighted by Gasteiger charge is -2.14. The van der Waals surface area contributed by atoms with Crippen molar-refractivity contribution in [3.8, 4) is 22.8 Å². The van der Waals surface area contributed by atoms with Crippen LogP contribution in [0, 0.1) is 0 Å². The normalized spacial score (nSPS) is 10.8. The van der Waals surface area contributed by atoms with E-state index in [0.29, 0.717) is 17.4 Å². The highest BCUT2D eigenvalue weighted by Crippen LogP contribution is 2.34. The summed E-state index contributed by atoms with van der Waals surface area (Å²) in [6.07, 6.45) is 2.20. The number of rotatable bonds is 9. The average molecular weight is 363 g/mol. The van der Waals surface area contributed by atoms with Gasteiger partial charge in [0, 0.05) is 17.0 Å². The number of amides is 1. The molecule has 136 valence electrons. The molecule has 0 spiro atoms. The molecule has 0 saturated carbocycles. The maximum Gasteiger partial charge on any atom is 0.240 e. The number of benzene rings is 1. The molecule has 0 unspecified atom stereocenters. The Labute approximate surface area is 152 Å². The molecule has 1 amide bonds. The summed E-state index contributed by atoms with van der Waals surface area (Å²) in [5.74, 6) is 1.35. The first-order valence-electron chi connectivity index (χ1n) is 8.23. The van der Waals surface area contributed by atoms with E-state index in [4.69, 9.17) is 9.47 Å². The summed E-state index contributed by atoms with van der Waals surface area (Å²) in [6, 6.07) is 5.57. The molecule has 0 bridgehead atoms. The summed E-state index contributed by atoms with van der Waals surface area (Å²) < 4.78 is 10.6. The van der Waals surface area contributed by atoms with E-state index in [0.717, 1.165) is 36.4 Å². The van der Waals surface area contributed by atoms with Crippen LogP contribution in [0.15, 0.2) is 23.6 Å². The van der Waals surface area contributed by atoms with Gasteiger partial charge in [0.2, 0.25) is 5.91 Å². The number of hydrogen-bond donors (Lipinski definition) is 1. The molecule has 7 heteroatoms. The van der Waals surface area contributed by atoms with Crippen LogP contribution in [0.1, 0.15) is 19.8 Å². The molecule has 1 aromatic heterocycles. The molecule has 2 aromatic rings. The molecule has 1 heterocycles. The lowest BCUT2D eigenvalue weighted by atomic mass is 10.1. The lowest BCUT2D eigenvalue weighted by molar-refractivity contribution is -0.117. The Morgan fingerprint density at radius 1 is 1.32 bits per heavy atom. The molecule has 0 aliphatic rings. The van der Waals surface area contributed by atoms with E-state index in [9.17, 15) is 4.79 Å². The minimum Gasteiger partial charge on any atom is -0.497 e. The third kappa shape index (κ3) is 5.44. The number of likely N-dealkylation sites (N-methyl/N-ethyl adjacent to an activating group) is 1. The predicted octanol–water partition coefficient (Wildman–Crippen LogP) is 3.50. The fourth-order valence-corrected chi connectivity index (χ4v) is 3.10. The number of thiazole rings is 1. The maximum absolute atomic E-state index is 12.1. The Bertz CT molecular complexity index is 703. The van der Waals surface area contributed by atoms with Crippen molar-refractivity contribution >= 4 is 22.4 Å². The van der Waals surface area contributed by atoms with Crippen LogP contribution in [0.25, 0.3) is 11.3 Å². The fourth-order valence-electron chi connectivity index (χ4n) is 2.38. The third-order valence-corrected chi connectivity index (χ3v) is 4.50. The molecule has 0 radical (unpaired) electrons. The summed E-state index contributed by atoms with van der Waals surface area (Å²) in [6.45, 7) is 3.41. The predicted molar refractivity (Wildman–Crippen MR) is 102 cm³/mol. The van der Waals surface area contributed by atoms with Crippen LogP contribution in [-0.2, 0) is 4.79 Å². The van der Waals surface area contributed by atoms with Crippen molar-refractivity contribution < 1.29 is 14.3 Å². The second-order valence-corrected chi connectivity index (χ2v) is 6.60. The van der Waals surface area contributed by atoms with E-state index in [2.05, 4.69) is 17.2 Å². The van der Waals surface area contributed by atoms with Gasteiger partial charge in [-0.3, -0.25) is 9.69 Å². The van der Waals surface area contributed by atoms with Crippen LogP contribution < -0.4 is 14.8 Å². The van der Waals surface area contributed by atoms with E-state index < -0.39 is 0 Å². The van der Waals surface area contributed by atoms with Gasteiger partial charge in [-0.05, 0) is 32.1 Å².